The van der Waals surface area contributed by atoms with E-state index >= 15 is 0 Å². The molecule has 0 bridgehead atoms. The average molecular weight is 430 g/mol. The number of nitrogens with zero attached hydrogens (tertiary/aromatic N) is 1. The van der Waals surface area contributed by atoms with Gasteiger partial charge in [-0.1, -0.05) is 48.5 Å². The molecule has 3 rings (SSSR count). The van der Waals surface area contributed by atoms with Crippen molar-refractivity contribution in [3.05, 3.63) is 90.0 Å². The molecule has 0 spiro atoms. The Kier molecular flexibility index (Phi) is 7.75. The van der Waals surface area contributed by atoms with E-state index in [0.29, 0.717) is 29.9 Å². The van der Waals surface area contributed by atoms with Gasteiger partial charge in [-0.2, -0.15) is 0 Å². The minimum Gasteiger partial charge on any atom is -0.343 e. The topological polar surface area (TPSA) is 78.5 Å². The molecule has 6 heteroatoms. The van der Waals surface area contributed by atoms with E-state index in [1.54, 1.807) is 41.3 Å². The fourth-order valence-electron chi connectivity index (χ4n) is 3.34. The van der Waals surface area contributed by atoms with Crippen LogP contribution in [0.4, 0.5) is 5.69 Å². The lowest BCUT2D eigenvalue weighted by molar-refractivity contribution is -0.115. The molecule has 0 aromatic heterocycles. The largest absolute Gasteiger partial charge is 0.343 e. The molecule has 0 atom stereocenters. The summed E-state index contributed by atoms with van der Waals surface area (Å²) in [5, 5.41) is 5.35. The minimum atomic E-state index is -0.369. The number of anilines is 1. The summed E-state index contributed by atoms with van der Waals surface area (Å²) < 4.78 is 0. The predicted molar refractivity (Wildman–Crippen MR) is 127 cm³/mol. The van der Waals surface area contributed by atoms with Crippen molar-refractivity contribution in [1.82, 2.24) is 10.2 Å². The SMILES string of the molecule is CCN(CC)C(=O)c1cccc(NC(=O)CNC(=O)c2ccc(-c3ccccc3)cc2)c1. The summed E-state index contributed by atoms with van der Waals surface area (Å²) in [5.74, 6) is -0.782. The van der Waals surface area contributed by atoms with Gasteiger partial charge >= 0.3 is 0 Å². The summed E-state index contributed by atoms with van der Waals surface area (Å²) in [6.45, 7) is 4.90. The van der Waals surface area contributed by atoms with Crippen molar-refractivity contribution in [1.29, 1.82) is 0 Å². The maximum atomic E-state index is 12.5. The van der Waals surface area contributed by atoms with Crippen LogP contribution in [0.2, 0.25) is 0 Å². The summed E-state index contributed by atoms with van der Waals surface area (Å²) in [7, 11) is 0. The van der Waals surface area contributed by atoms with Gasteiger partial charge in [0.1, 0.15) is 0 Å². The van der Waals surface area contributed by atoms with Gasteiger partial charge in [-0.25, -0.2) is 0 Å². The second-order valence-corrected chi connectivity index (χ2v) is 7.23. The number of rotatable bonds is 8. The van der Waals surface area contributed by atoms with Gasteiger partial charge in [0.05, 0.1) is 6.54 Å². The molecule has 0 aliphatic carbocycles. The third kappa shape index (κ3) is 5.82. The fourth-order valence-corrected chi connectivity index (χ4v) is 3.34. The zero-order chi connectivity index (χ0) is 22.9. The summed E-state index contributed by atoms with van der Waals surface area (Å²) in [4.78, 5) is 38.9. The smallest absolute Gasteiger partial charge is 0.253 e. The number of hydrogen-bond donors (Lipinski definition) is 2. The van der Waals surface area contributed by atoms with E-state index in [2.05, 4.69) is 10.6 Å². The molecular formula is C26H27N3O3. The molecular weight excluding hydrogens is 402 g/mol. The first-order valence-electron chi connectivity index (χ1n) is 10.6. The molecule has 2 N–H and O–H groups in total. The molecule has 3 aromatic carbocycles. The monoisotopic (exact) mass is 429 g/mol. The molecule has 3 amide bonds. The molecule has 32 heavy (non-hydrogen) atoms. The highest BCUT2D eigenvalue weighted by molar-refractivity contribution is 6.00. The zero-order valence-corrected chi connectivity index (χ0v) is 18.3. The van der Waals surface area contributed by atoms with Gasteiger partial charge in [-0.3, -0.25) is 14.4 Å². The number of nitrogens with one attached hydrogen (secondary N) is 2. The Bertz CT molecular complexity index is 1070. The number of hydrogen-bond acceptors (Lipinski definition) is 3. The molecule has 0 saturated heterocycles. The van der Waals surface area contributed by atoms with Gasteiger partial charge < -0.3 is 15.5 Å². The van der Waals surface area contributed by atoms with Gasteiger partial charge in [-0.05, 0) is 55.3 Å². The van der Waals surface area contributed by atoms with E-state index in [1.165, 1.54) is 0 Å². The van der Waals surface area contributed by atoms with Gasteiger partial charge in [0, 0.05) is 29.9 Å². The fraction of sp³-hybridized carbons (Fsp3) is 0.192. The Morgan fingerprint density at radius 1 is 0.750 bits per heavy atom. The quantitative estimate of drug-likeness (QED) is 0.563. The summed E-state index contributed by atoms with van der Waals surface area (Å²) in [6.07, 6.45) is 0. The summed E-state index contributed by atoms with van der Waals surface area (Å²) in [6, 6.07) is 23.9. The Morgan fingerprint density at radius 2 is 1.41 bits per heavy atom. The van der Waals surface area contributed by atoms with Gasteiger partial charge in [0.2, 0.25) is 5.91 Å². The van der Waals surface area contributed by atoms with E-state index in [4.69, 9.17) is 0 Å². The highest BCUT2D eigenvalue weighted by atomic mass is 16.2. The van der Waals surface area contributed by atoms with Crippen molar-refractivity contribution in [2.24, 2.45) is 0 Å². The van der Waals surface area contributed by atoms with Crippen LogP contribution < -0.4 is 10.6 Å². The molecule has 0 unspecified atom stereocenters. The molecule has 0 heterocycles. The molecule has 0 aliphatic heterocycles. The minimum absolute atomic E-state index is 0.0849. The first-order chi connectivity index (χ1) is 15.5. The lowest BCUT2D eigenvalue weighted by Gasteiger charge is -2.19. The van der Waals surface area contributed by atoms with Crippen molar-refractivity contribution in [2.45, 2.75) is 13.8 Å². The maximum Gasteiger partial charge on any atom is 0.253 e. The number of benzene rings is 3. The number of carbonyl (C=O) groups excluding carboxylic acids is 3. The standard InChI is InChI=1S/C26H27N3O3/c1-3-29(4-2)26(32)22-11-8-12-23(17-22)28-24(30)18-27-25(31)21-15-13-20(14-16-21)19-9-6-5-7-10-19/h5-17H,3-4,18H2,1-2H3,(H,27,31)(H,28,30). The lowest BCUT2D eigenvalue weighted by Crippen LogP contribution is -2.33. The van der Waals surface area contributed by atoms with Crippen LogP contribution in [0.1, 0.15) is 34.6 Å². The molecule has 0 fully saturated rings. The molecule has 0 radical (unpaired) electrons. The second kappa shape index (κ2) is 10.9. The Labute approximate surface area is 188 Å². The van der Waals surface area contributed by atoms with Crippen LogP contribution in [0, 0.1) is 0 Å². The molecule has 6 nitrogen and oxygen atoms in total. The van der Waals surface area contributed by atoms with Crippen LogP contribution in [-0.2, 0) is 4.79 Å². The van der Waals surface area contributed by atoms with E-state index in [9.17, 15) is 14.4 Å². The van der Waals surface area contributed by atoms with E-state index < -0.39 is 0 Å². The van der Waals surface area contributed by atoms with E-state index in [-0.39, 0.29) is 24.3 Å². The van der Waals surface area contributed by atoms with Gasteiger partial charge in [0.15, 0.2) is 0 Å². The first kappa shape index (κ1) is 22.7. The number of carbonyl (C=O) groups is 3. The van der Waals surface area contributed by atoms with Gasteiger partial charge in [-0.15, -0.1) is 0 Å². The predicted octanol–water partition coefficient (Wildman–Crippen LogP) is 4.20. The summed E-state index contributed by atoms with van der Waals surface area (Å²) in [5.41, 5.74) is 3.58. The van der Waals surface area contributed by atoms with E-state index in [1.807, 2.05) is 56.3 Å². The van der Waals surface area contributed by atoms with Crippen LogP contribution in [0.25, 0.3) is 11.1 Å². The lowest BCUT2D eigenvalue weighted by atomic mass is 10.0. The highest BCUT2D eigenvalue weighted by Gasteiger charge is 2.14. The van der Waals surface area contributed by atoms with Crippen molar-refractivity contribution in [3.63, 3.8) is 0 Å². The molecule has 164 valence electrons. The first-order valence-corrected chi connectivity index (χ1v) is 10.6. The van der Waals surface area contributed by atoms with Crippen LogP contribution in [0.15, 0.2) is 78.9 Å². The van der Waals surface area contributed by atoms with Crippen LogP contribution in [0.3, 0.4) is 0 Å². The van der Waals surface area contributed by atoms with Crippen molar-refractivity contribution >= 4 is 23.4 Å². The molecule has 0 saturated carbocycles. The Balaban J connectivity index is 1.55. The van der Waals surface area contributed by atoms with Crippen molar-refractivity contribution < 1.29 is 14.4 Å². The average Bonchev–Trinajstić information content (AvgIpc) is 2.84. The molecule has 3 aromatic rings. The molecule has 0 aliphatic rings. The normalized spacial score (nSPS) is 10.3. The Morgan fingerprint density at radius 3 is 2.06 bits per heavy atom. The van der Waals surface area contributed by atoms with Gasteiger partial charge in [0.25, 0.3) is 11.8 Å². The third-order valence-electron chi connectivity index (χ3n) is 5.11. The van der Waals surface area contributed by atoms with Crippen LogP contribution >= 0.6 is 0 Å². The second-order valence-electron chi connectivity index (χ2n) is 7.23. The van der Waals surface area contributed by atoms with Crippen LogP contribution in [0.5, 0.6) is 0 Å². The van der Waals surface area contributed by atoms with Crippen molar-refractivity contribution in [2.75, 3.05) is 25.0 Å². The third-order valence-corrected chi connectivity index (χ3v) is 5.11. The van der Waals surface area contributed by atoms with Crippen molar-refractivity contribution in [3.8, 4) is 11.1 Å². The highest BCUT2D eigenvalue weighted by Crippen LogP contribution is 2.19. The van der Waals surface area contributed by atoms with Crippen LogP contribution in [-0.4, -0.2) is 42.3 Å². The number of amides is 3. The maximum absolute atomic E-state index is 12.5. The Hall–Kier alpha value is -3.93. The zero-order valence-electron chi connectivity index (χ0n) is 18.3. The summed E-state index contributed by atoms with van der Waals surface area (Å²) >= 11 is 0. The van der Waals surface area contributed by atoms with E-state index in [0.717, 1.165) is 11.1 Å².